The van der Waals surface area contributed by atoms with Gasteiger partial charge in [-0.2, -0.15) is 0 Å². The highest BCUT2D eigenvalue weighted by atomic mass is 19.3. The summed E-state index contributed by atoms with van der Waals surface area (Å²) in [7, 11) is 0. The minimum Gasteiger partial charge on any atom is -0.491 e. The highest BCUT2D eigenvalue weighted by Gasteiger charge is 2.17. The smallest absolute Gasteiger partial charge is 0.253 e. The Labute approximate surface area is 107 Å². The van der Waals surface area contributed by atoms with Crippen LogP contribution >= 0.6 is 0 Å². The third-order valence-corrected chi connectivity index (χ3v) is 2.64. The summed E-state index contributed by atoms with van der Waals surface area (Å²) in [5, 5.41) is 2.86. The van der Waals surface area contributed by atoms with E-state index < -0.39 is 12.5 Å². The van der Waals surface area contributed by atoms with E-state index in [1.807, 2.05) is 45.0 Å². The zero-order valence-corrected chi connectivity index (χ0v) is 11.3. The van der Waals surface area contributed by atoms with E-state index in [0.717, 1.165) is 11.3 Å². The largest absolute Gasteiger partial charge is 0.491 e. The Morgan fingerprint density at radius 1 is 1.00 bits per heavy atom. The SMILES string of the molecule is CC(C)Oc1ccc(C(C)NC(C)C(F)F)cc1. The summed E-state index contributed by atoms with van der Waals surface area (Å²) in [5.41, 5.74) is 0.971. The van der Waals surface area contributed by atoms with Gasteiger partial charge in [-0.1, -0.05) is 12.1 Å². The van der Waals surface area contributed by atoms with E-state index in [4.69, 9.17) is 4.74 Å². The van der Waals surface area contributed by atoms with E-state index in [9.17, 15) is 8.78 Å². The van der Waals surface area contributed by atoms with E-state index in [1.54, 1.807) is 0 Å². The van der Waals surface area contributed by atoms with Crippen LogP contribution in [0.3, 0.4) is 0 Å². The summed E-state index contributed by atoms with van der Waals surface area (Å²) in [5.74, 6) is 0.794. The van der Waals surface area contributed by atoms with Gasteiger partial charge in [0.15, 0.2) is 0 Å². The Morgan fingerprint density at radius 2 is 1.56 bits per heavy atom. The normalized spacial score (nSPS) is 14.9. The molecule has 102 valence electrons. The fraction of sp³-hybridized carbons (Fsp3) is 0.571. The maximum atomic E-state index is 12.4. The van der Waals surface area contributed by atoms with Crippen molar-refractivity contribution >= 4 is 0 Å². The molecule has 2 nitrogen and oxygen atoms in total. The van der Waals surface area contributed by atoms with Crippen LogP contribution in [0.4, 0.5) is 8.78 Å². The Morgan fingerprint density at radius 3 is 2.00 bits per heavy atom. The van der Waals surface area contributed by atoms with E-state index in [2.05, 4.69) is 5.32 Å². The van der Waals surface area contributed by atoms with Crippen LogP contribution in [0.5, 0.6) is 5.75 Å². The number of ether oxygens (including phenoxy) is 1. The second-order valence-electron chi connectivity index (χ2n) is 4.75. The van der Waals surface area contributed by atoms with Crippen LogP contribution in [-0.2, 0) is 0 Å². The van der Waals surface area contributed by atoms with Crippen molar-refractivity contribution in [2.45, 2.75) is 52.3 Å². The maximum Gasteiger partial charge on any atom is 0.253 e. The first kappa shape index (κ1) is 14.9. The van der Waals surface area contributed by atoms with Crippen molar-refractivity contribution in [3.63, 3.8) is 0 Å². The minimum absolute atomic E-state index is 0.109. The van der Waals surface area contributed by atoms with Crippen LogP contribution in [-0.4, -0.2) is 18.6 Å². The predicted octanol–water partition coefficient (Wildman–Crippen LogP) is 3.78. The number of rotatable bonds is 6. The lowest BCUT2D eigenvalue weighted by atomic mass is 10.1. The molecule has 0 aliphatic rings. The van der Waals surface area contributed by atoms with E-state index in [1.165, 1.54) is 6.92 Å². The number of alkyl halides is 2. The quantitative estimate of drug-likeness (QED) is 0.837. The van der Waals surface area contributed by atoms with Gasteiger partial charge in [-0.3, -0.25) is 0 Å². The molecular weight excluding hydrogens is 236 g/mol. The van der Waals surface area contributed by atoms with Gasteiger partial charge < -0.3 is 10.1 Å². The van der Waals surface area contributed by atoms with Crippen molar-refractivity contribution < 1.29 is 13.5 Å². The van der Waals surface area contributed by atoms with Gasteiger partial charge in [0, 0.05) is 6.04 Å². The molecule has 2 unspecified atom stereocenters. The van der Waals surface area contributed by atoms with Gasteiger partial charge in [0.25, 0.3) is 6.43 Å². The van der Waals surface area contributed by atoms with Crippen LogP contribution in [0.25, 0.3) is 0 Å². The highest BCUT2D eigenvalue weighted by Crippen LogP contribution is 2.19. The van der Waals surface area contributed by atoms with Crippen molar-refractivity contribution in [3.05, 3.63) is 29.8 Å². The van der Waals surface area contributed by atoms with Gasteiger partial charge in [-0.15, -0.1) is 0 Å². The third kappa shape index (κ3) is 4.61. The summed E-state index contributed by atoms with van der Waals surface area (Å²) >= 11 is 0. The lowest BCUT2D eigenvalue weighted by Gasteiger charge is -2.20. The summed E-state index contributed by atoms with van der Waals surface area (Å²) in [6.07, 6.45) is -2.22. The van der Waals surface area contributed by atoms with E-state index >= 15 is 0 Å². The number of hydrogen-bond donors (Lipinski definition) is 1. The minimum atomic E-state index is -2.35. The monoisotopic (exact) mass is 257 g/mol. The second kappa shape index (κ2) is 6.69. The Balaban J connectivity index is 2.61. The van der Waals surface area contributed by atoms with Crippen LogP contribution < -0.4 is 10.1 Å². The fourth-order valence-corrected chi connectivity index (χ4v) is 1.67. The molecule has 0 saturated carbocycles. The summed E-state index contributed by atoms with van der Waals surface area (Å²) in [6.45, 7) is 7.28. The first-order valence-corrected chi connectivity index (χ1v) is 6.21. The van der Waals surface area contributed by atoms with Gasteiger partial charge in [-0.05, 0) is 45.4 Å². The summed E-state index contributed by atoms with van der Waals surface area (Å²) in [4.78, 5) is 0. The molecule has 1 aromatic rings. The van der Waals surface area contributed by atoms with Gasteiger partial charge in [0.1, 0.15) is 5.75 Å². The van der Waals surface area contributed by atoms with Gasteiger partial charge >= 0.3 is 0 Å². The molecule has 0 fully saturated rings. The molecule has 0 aliphatic carbocycles. The van der Waals surface area contributed by atoms with Gasteiger partial charge in [0.2, 0.25) is 0 Å². The highest BCUT2D eigenvalue weighted by molar-refractivity contribution is 5.29. The Hall–Kier alpha value is -1.16. The van der Waals surface area contributed by atoms with Crippen molar-refractivity contribution in [1.29, 1.82) is 0 Å². The first-order chi connectivity index (χ1) is 8.40. The molecule has 0 saturated heterocycles. The van der Waals surface area contributed by atoms with Crippen LogP contribution in [0.15, 0.2) is 24.3 Å². The predicted molar refractivity (Wildman–Crippen MR) is 69.2 cm³/mol. The number of halogens is 2. The lowest BCUT2D eigenvalue weighted by Crippen LogP contribution is -2.34. The third-order valence-electron chi connectivity index (χ3n) is 2.64. The molecule has 0 heterocycles. The van der Waals surface area contributed by atoms with Crippen LogP contribution in [0.1, 0.15) is 39.3 Å². The Kier molecular flexibility index (Phi) is 5.54. The topological polar surface area (TPSA) is 21.3 Å². The molecule has 0 bridgehead atoms. The zero-order valence-electron chi connectivity index (χ0n) is 11.3. The number of nitrogens with one attached hydrogen (secondary N) is 1. The fourth-order valence-electron chi connectivity index (χ4n) is 1.67. The average Bonchev–Trinajstić information content (AvgIpc) is 2.28. The van der Waals surface area contributed by atoms with E-state index in [-0.39, 0.29) is 12.1 Å². The zero-order chi connectivity index (χ0) is 13.7. The van der Waals surface area contributed by atoms with Crippen LogP contribution in [0.2, 0.25) is 0 Å². The molecule has 18 heavy (non-hydrogen) atoms. The van der Waals surface area contributed by atoms with Crippen molar-refractivity contribution in [1.82, 2.24) is 5.32 Å². The molecule has 2 atom stereocenters. The molecule has 0 amide bonds. The van der Waals surface area contributed by atoms with Crippen molar-refractivity contribution in [3.8, 4) is 5.75 Å². The molecule has 4 heteroatoms. The molecule has 0 spiro atoms. The summed E-state index contributed by atoms with van der Waals surface area (Å²) < 4.78 is 30.4. The van der Waals surface area contributed by atoms with E-state index in [0.29, 0.717) is 0 Å². The lowest BCUT2D eigenvalue weighted by molar-refractivity contribution is 0.101. The van der Waals surface area contributed by atoms with Gasteiger partial charge in [0.05, 0.1) is 12.1 Å². The van der Waals surface area contributed by atoms with Crippen molar-refractivity contribution in [2.75, 3.05) is 0 Å². The number of benzene rings is 1. The van der Waals surface area contributed by atoms with Crippen molar-refractivity contribution in [2.24, 2.45) is 0 Å². The molecular formula is C14H21F2NO. The molecule has 1 N–H and O–H groups in total. The molecule has 1 rings (SSSR count). The second-order valence-corrected chi connectivity index (χ2v) is 4.75. The first-order valence-electron chi connectivity index (χ1n) is 6.21. The molecule has 1 aromatic carbocycles. The molecule has 0 aliphatic heterocycles. The molecule has 0 aromatic heterocycles. The van der Waals surface area contributed by atoms with Gasteiger partial charge in [-0.25, -0.2) is 8.78 Å². The number of hydrogen-bond acceptors (Lipinski definition) is 2. The summed E-state index contributed by atoms with van der Waals surface area (Å²) in [6, 6.07) is 6.59. The Bertz CT molecular complexity index is 351. The maximum absolute atomic E-state index is 12.4. The molecule has 0 radical (unpaired) electrons. The average molecular weight is 257 g/mol. The standard InChI is InChI=1S/C14H21F2NO/c1-9(2)18-13-7-5-12(6-8-13)10(3)17-11(4)14(15)16/h5-11,14,17H,1-4H3. The van der Waals surface area contributed by atoms with Crippen LogP contribution in [0, 0.1) is 0 Å².